The summed E-state index contributed by atoms with van der Waals surface area (Å²) in [5.74, 6) is 0.508. The van der Waals surface area contributed by atoms with Gasteiger partial charge in [-0.3, -0.25) is 4.72 Å². The fourth-order valence-electron chi connectivity index (χ4n) is 2.72. The van der Waals surface area contributed by atoms with Gasteiger partial charge in [-0.1, -0.05) is 38.1 Å². The standard InChI is InChI=1S/C22H34N2O3S2/c1-16(2)13-19-14-20(21(28-19)24-29(25,26)22(3,4)5)18-9-7-17(8-10-18)15-23-11-12-27-6/h7-10,14,16,23-24H,11-13,15H2,1-6H3. The molecule has 0 aliphatic rings. The Labute approximate surface area is 179 Å². The molecule has 0 amide bonds. The number of thiophene rings is 1. The van der Waals surface area contributed by atoms with E-state index in [-0.39, 0.29) is 0 Å². The first-order chi connectivity index (χ1) is 13.5. The molecule has 0 saturated carbocycles. The van der Waals surface area contributed by atoms with Gasteiger partial charge < -0.3 is 10.1 Å². The molecule has 1 heterocycles. The van der Waals surface area contributed by atoms with E-state index in [1.165, 1.54) is 21.8 Å². The van der Waals surface area contributed by atoms with Gasteiger partial charge in [0.2, 0.25) is 10.0 Å². The third-order valence-corrected chi connectivity index (χ3v) is 7.79. The third-order valence-electron chi connectivity index (χ3n) is 4.50. The summed E-state index contributed by atoms with van der Waals surface area (Å²) in [5.41, 5.74) is 3.14. The smallest absolute Gasteiger partial charge is 0.238 e. The quantitative estimate of drug-likeness (QED) is 0.518. The van der Waals surface area contributed by atoms with E-state index in [4.69, 9.17) is 4.74 Å². The first-order valence-corrected chi connectivity index (χ1v) is 12.3. The lowest BCUT2D eigenvalue weighted by atomic mass is 10.0. The number of anilines is 1. The van der Waals surface area contributed by atoms with Crippen molar-refractivity contribution in [2.45, 2.75) is 52.3 Å². The van der Waals surface area contributed by atoms with Gasteiger partial charge in [0, 0.05) is 30.6 Å². The van der Waals surface area contributed by atoms with Crippen molar-refractivity contribution in [2.75, 3.05) is 25.0 Å². The van der Waals surface area contributed by atoms with Crippen LogP contribution in [-0.2, 0) is 27.7 Å². The second-order valence-electron chi connectivity index (χ2n) is 8.64. The Balaban J connectivity index is 2.29. The van der Waals surface area contributed by atoms with E-state index in [0.717, 1.165) is 30.6 Å². The van der Waals surface area contributed by atoms with Crippen LogP contribution >= 0.6 is 11.3 Å². The maximum Gasteiger partial charge on any atom is 0.238 e. The number of hydrogen-bond donors (Lipinski definition) is 2. The summed E-state index contributed by atoms with van der Waals surface area (Å²) in [4.78, 5) is 1.19. The van der Waals surface area contributed by atoms with E-state index >= 15 is 0 Å². The van der Waals surface area contributed by atoms with E-state index in [0.29, 0.717) is 17.5 Å². The van der Waals surface area contributed by atoms with Crippen LogP contribution < -0.4 is 10.0 Å². The molecule has 0 spiro atoms. The second kappa shape index (κ2) is 10.1. The van der Waals surface area contributed by atoms with Gasteiger partial charge in [-0.2, -0.15) is 0 Å². The van der Waals surface area contributed by atoms with Gasteiger partial charge in [0.25, 0.3) is 0 Å². The molecule has 2 aromatic rings. The molecule has 0 atom stereocenters. The van der Waals surface area contributed by atoms with Crippen molar-refractivity contribution in [3.05, 3.63) is 40.8 Å². The van der Waals surface area contributed by atoms with Crippen LogP contribution in [0.5, 0.6) is 0 Å². The highest BCUT2D eigenvalue weighted by Crippen LogP contribution is 2.39. The number of methoxy groups -OCH3 is 1. The molecule has 29 heavy (non-hydrogen) atoms. The lowest BCUT2D eigenvalue weighted by molar-refractivity contribution is 0.199. The molecular formula is C22H34N2O3S2. The van der Waals surface area contributed by atoms with Gasteiger partial charge in [0.15, 0.2) is 0 Å². The molecule has 0 fully saturated rings. The summed E-state index contributed by atoms with van der Waals surface area (Å²) in [7, 11) is -1.79. The predicted octanol–water partition coefficient (Wildman–Crippen LogP) is 4.89. The predicted molar refractivity (Wildman–Crippen MR) is 124 cm³/mol. The van der Waals surface area contributed by atoms with Crippen molar-refractivity contribution in [2.24, 2.45) is 5.92 Å². The van der Waals surface area contributed by atoms with Crippen LogP contribution in [0.2, 0.25) is 0 Å². The van der Waals surface area contributed by atoms with E-state index in [1.54, 1.807) is 27.9 Å². The summed E-state index contributed by atoms with van der Waals surface area (Å²) >= 11 is 1.53. The molecule has 2 rings (SSSR count). The van der Waals surface area contributed by atoms with Crippen LogP contribution in [0.1, 0.15) is 45.1 Å². The van der Waals surface area contributed by atoms with Crippen molar-refractivity contribution in [1.29, 1.82) is 0 Å². The highest BCUT2D eigenvalue weighted by atomic mass is 32.2. The highest BCUT2D eigenvalue weighted by Gasteiger charge is 2.30. The van der Waals surface area contributed by atoms with Crippen LogP contribution in [0.3, 0.4) is 0 Å². The average molecular weight is 439 g/mol. The molecule has 0 aliphatic carbocycles. The molecule has 1 aromatic heterocycles. The topological polar surface area (TPSA) is 67.4 Å². The Morgan fingerprint density at radius 1 is 1.14 bits per heavy atom. The second-order valence-corrected chi connectivity index (χ2v) is 12.2. The third kappa shape index (κ3) is 6.81. The molecule has 2 N–H and O–H groups in total. The minimum atomic E-state index is -3.48. The molecule has 0 aliphatic heterocycles. The lowest BCUT2D eigenvalue weighted by Crippen LogP contribution is -2.33. The molecule has 5 nitrogen and oxygen atoms in total. The van der Waals surface area contributed by atoms with E-state index in [2.05, 4.69) is 54.2 Å². The molecular weight excluding hydrogens is 404 g/mol. The number of benzene rings is 1. The van der Waals surface area contributed by atoms with Crippen molar-refractivity contribution in [1.82, 2.24) is 5.32 Å². The Morgan fingerprint density at radius 3 is 2.34 bits per heavy atom. The number of ether oxygens (including phenoxy) is 1. The Bertz CT molecular complexity index is 880. The van der Waals surface area contributed by atoms with Gasteiger partial charge in [0.05, 0.1) is 11.4 Å². The molecule has 7 heteroatoms. The number of nitrogens with one attached hydrogen (secondary N) is 2. The minimum absolute atomic E-state index is 0.508. The van der Waals surface area contributed by atoms with Crippen molar-refractivity contribution >= 4 is 26.4 Å². The first-order valence-electron chi connectivity index (χ1n) is 9.97. The van der Waals surface area contributed by atoms with Crippen LogP contribution in [0.4, 0.5) is 5.00 Å². The van der Waals surface area contributed by atoms with Crippen LogP contribution in [0.25, 0.3) is 11.1 Å². The van der Waals surface area contributed by atoms with Gasteiger partial charge in [0.1, 0.15) is 5.00 Å². The fourth-order valence-corrected chi connectivity index (χ4v) is 5.02. The van der Waals surface area contributed by atoms with E-state index in [1.807, 2.05) is 0 Å². The summed E-state index contributed by atoms with van der Waals surface area (Å²) in [6, 6.07) is 10.4. The summed E-state index contributed by atoms with van der Waals surface area (Å²) < 4.78 is 32.5. The zero-order chi connectivity index (χ0) is 21.7. The largest absolute Gasteiger partial charge is 0.383 e. The number of rotatable bonds is 10. The van der Waals surface area contributed by atoms with Gasteiger partial charge in [-0.15, -0.1) is 11.3 Å². The van der Waals surface area contributed by atoms with E-state index < -0.39 is 14.8 Å². The average Bonchev–Trinajstić information content (AvgIpc) is 2.99. The zero-order valence-electron chi connectivity index (χ0n) is 18.3. The molecule has 0 bridgehead atoms. The van der Waals surface area contributed by atoms with Gasteiger partial charge in [-0.25, -0.2) is 8.42 Å². The SMILES string of the molecule is COCCNCc1ccc(-c2cc(CC(C)C)sc2NS(=O)(=O)C(C)(C)C)cc1. The van der Waals surface area contributed by atoms with Crippen molar-refractivity contribution < 1.29 is 13.2 Å². The molecule has 1 aromatic carbocycles. The Kier molecular flexibility index (Phi) is 8.28. The van der Waals surface area contributed by atoms with Crippen molar-refractivity contribution in [3.63, 3.8) is 0 Å². The lowest BCUT2D eigenvalue weighted by Gasteiger charge is -2.20. The van der Waals surface area contributed by atoms with Gasteiger partial charge >= 0.3 is 0 Å². The van der Waals surface area contributed by atoms with E-state index in [9.17, 15) is 8.42 Å². The highest BCUT2D eigenvalue weighted by molar-refractivity contribution is 7.94. The first kappa shape index (κ1) is 23.9. The van der Waals surface area contributed by atoms with Crippen LogP contribution in [0.15, 0.2) is 30.3 Å². The van der Waals surface area contributed by atoms with Gasteiger partial charge in [-0.05, 0) is 50.3 Å². The van der Waals surface area contributed by atoms with Crippen molar-refractivity contribution in [3.8, 4) is 11.1 Å². The fraction of sp³-hybridized carbons (Fsp3) is 0.545. The minimum Gasteiger partial charge on any atom is -0.383 e. The monoisotopic (exact) mass is 438 g/mol. The molecule has 0 unspecified atom stereocenters. The zero-order valence-corrected chi connectivity index (χ0v) is 20.0. The summed E-state index contributed by atoms with van der Waals surface area (Å²) in [6.45, 7) is 11.7. The maximum absolute atomic E-state index is 12.7. The summed E-state index contributed by atoms with van der Waals surface area (Å²) in [5, 5.41) is 4.03. The maximum atomic E-state index is 12.7. The summed E-state index contributed by atoms with van der Waals surface area (Å²) in [6.07, 6.45) is 0.927. The molecule has 162 valence electrons. The Morgan fingerprint density at radius 2 is 1.79 bits per heavy atom. The number of hydrogen-bond acceptors (Lipinski definition) is 5. The van der Waals surface area contributed by atoms with Crippen LogP contribution in [-0.4, -0.2) is 33.4 Å². The van der Waals surface area contributed by atoms with Crippen LogP contribution in [0, 0.1) is 5.92 Å². The molecule has 0 saturated heterocycles. The molecule has 0 radical (unpaired) electrons. The Hall–Kier alpha value is -1.41. The normalized spacial score (nSPS) is 12.5. The number of sulfonamides is 1.